The van der Waals surface area contributed by atoms with Crippen molar-refractivity contribution in [1.29, 1.82) is 0 Å². The predicted octanol–water partition coefficient (Wildman–Crippen LogP) is 3.08. The lowest BCUT2D eigenvalue weighted by Crippen LogP contribution is -2.32. The largest absolute Gasteiger partial charge is 0.507 e. The molecule has 1 atom stereocenters. The van der Waals surface area contributed by atoms with Gasteiger partial charge in [0, 0.05) is 24.5 Å². The van der Waals surface area contributed by atoms with E-state index in [0.29, 0.717) is 29.8 Å². The van der Waals surface area contributed by atoms with Gasteiger partial charge < -0.3 is 19.6 Å². The van der Waals surface area contributed by atoms with Gasteiger partial charge >= 0.3 is 0 Å². The number of Topliss-reactive ketones (excluding diaryl/α,β-unsaturated/α-hetero) is 1. The van der Waals surface area contributed by atoms with Crippen LogP contribution < -0.4 is 4.74 Å². The van der Waals surface area contributed by atoms with Crippen molar-refractivity contribution in [3.63, 3.8) is 0 Å². The Morgan fingerprint density at radius 2 is 1.97 bits per heavy atom. The number of likely N-dealkylation sites (tertiary alicyclic amines) is 1. The fraction of sp³-hybridized carbons (Fsp3) is 0.375. The van der Waals surface area contributed by atoms with E-state index in [9.17, 15) is 14.7 Å². The topological polar surface area (TPSA) is 83.0 Å². The molecule has 164 valence electrons. The first kappa shape index (κ1) is 22.5. The minimum absolute atomic E-state index is 0.0931. The Morgan fingerprint density at radius 1 is 1.23 bits per heavy atom. The highest BCUT2D eigenvalue weighted by Gasteiger charge is 2.46. The number of nitrogens with zero attached hydrogens (tertiary/aromatic N) is 3. The summed E-state index contributed by atoms with van der Waals surface area (Å²) in [5, 5.41) is 11.3. The van der Waals surface area contributed by atoms with Gasteiger partial charge in [-0.3, -0.25) is 14.6 Å². The molecule has 0 saturated carbocycles. The van der Waals surface area contributed by atoms with E-state index in [1.165, 1.54) is 0 Å². The zero-order valence-electron chi connectivity index (χ0n) is 18.7. The van der Waals surface area contributed by atoms with Gasteiger partial charge in [0.25, 0.3) is 11.7 Å². The van der Waals surface area contributed by atoms with Gasteiger partial charge in [0.2, 0.25) is 0 Å². The van der Waals surface area contributed by atoms with E-state index in [0.717, 1.165) is 17.7 Å². The molecular weight excluding hydrogens is 394 g/mol. The molecule has 0 radical (unpaired) electrons. The summed E-state index contributed by atoms with van der Waals surface area (Å²) in [4.78, 5) is 33.7. The van der Waals surface area contributed by atoms with Crippen molar-refractivity contribution < 1.29 is 19.4 Å². The standard InChI is InChI=1S/C24H29N3O4/c1-15-13-19(31-5)16(2)12-18(15)22(28)20-21(17-8-6-9-25-14-17)27(24(30)23(20)29)11-7-10-26(3)4/h6,8-9,12-14,21,28H,7,10-11H2,1-5H3/b22-20+. The highest BCUT2D eigenvalue weighted by molar-refractivity contribution is 6.46. The number of hydrogen-bond acceptors (Lipinski definition) is 6. The van der Waals surface area contributed by atoms with Crippen LogP contribution in [0.3, 0.4) is 0 Å². The molecule has 2 heterocycles. The second kappa shape index (κ2) is 9.31. The number of pyridine rings is 1. The Kier molecular flexibility index (Phi) is 6.75. The molecule has 2 aromatic rings. The molecule has 1 aromatic heterocycles. The Morgan fingerprint density at radius 3 is 2.58 bits per heavy atom. The summed E-state index contributed by atoms with van der Waals surface area (Å²) in [6.45, 7) is 4.88. The molecule has 0 aliphatic carbocycles. The number of ether oxygens (including phenoxy) is 1. The number of ketones is 1. The molecule has 31 heavy (non-hydrogen) atoms. The molecule has 1 fully saturated rings. The van der Waals surface area contributed by atoms with Crippen molar-refractivity contribution in [3.05, 3.63) is 64.5 Å². The van der Waals surface area contributed by atoms with Crippen LogP contribution in [0.2, 0.25) is 0 Å². The minimum Gasteiger partial charge on any atom is -0.507 e. The Hall–Kier alpha value is -3.19. The van der Waals surface area contributed by atoms with Gasteiger partial charge in [-0.15, -0.1) is 0 Å². The van der Waals surface area contributed by atoms with Gasteiger partial charge in [0.1, 0.15) is 11.5 Å². The van der Waals surface area contributed by atoms with Crippen LogP contribution in [0.25, 0.3) is 5.76 Å². The number of aliphatic hydroxyl groups is 1. The maximum atomic E-state index is 13.1. The number of aromatic nitrogens is 1. The van der Waals surface area contributed by atoms with Gasteiger partial charge in [0.05, 0.1) is 18.7 Å². The SMILES string of the molecule is COc1cc(C)c(/C(O)=C2\C(=O)C(=O)N(CCCN(C)C)C2c2cccnc2)cc1C. The summed E-state index contributed by atoms with van der Waals surface area (Å²) in [6.07, 6.45) is 3.98. The second-order valence-electron chi connectivity index (χ2n) is 8.07. The molecule has 1 saturated heterocycles. The smallest absolute Gasteiger partial charge is 0.295 e. The third-order valence-electron chi connectivity index (χ3n) is 5.54. The first-order valence-corrected chi connectivity index (χ1v) is 10.2. The monoisotopic (exact) mass is 423 g/mol. The molecule has 1 unspecified atom stereocenters. The number of hydrogen-bond donors (Lipinski definition) is 1. The number of amides is 1. The lowest BCUT2D eigenvalue weighted by molar-refractivity contribution is -0.139. The fourth-order valence-corrected chi connectivity index (χ4v) is 3.96. The lowest BCUT2D eigenvalue weighted by atomic mass is 9.93. The van der Waals surface area contributed by atoms with E-state index in [-0.39, 0.29) is 11.3 Å². The van der Waals surface area contributed by atoms with Crippen molar-refractivity contribution in [1.82, 2.24) is 14.8 Å². The predicted molar refractivity (Wildman–Crippen MR) is 119 cm³/mol. The average molecular weight is 424 g/mol. The molecule has 0 bridgehead atoms. The van der Waals surface area contributed by atoms with Crippen LogP contribution in [-0.2, 0) is 9.59 Å². The zero-order chi connectivity index (χ0) is 22.7. The Labute approximate surface area is 183 Å². The molecule has 0 spiro atoms. The second-order valence-corrected chi connectivity index (χ2v) is 8.07. The molecular formula is C24H29N3O4. The van der Waals surface area contributed by atoms with E-state index in [2.05, 4.69) is 4.98 Å². The van der Waals surface area contributed by atoms with Gasteiger partial charge in [0.15, 0.2) is 0 Å². The fourth-order valence-electron chi connectivity index (χ4n) is 3.96. The summed E-state index contributed by atoms with van der Waals surface area (Å²) in [6, 6.07) is 6.50. The molecule has 1 amide bonds. The Balaban J connectivity index is 2.13. The molecule has 1 N–H and O–H groups in total. The van der Waals surface area contributed by atoms with Crippen molar-refractivity contribution in [2.75, 3.05) is 34.3 Å². The van der Waals surface area contributed by atoms with Crippen molar-refractivity contribution in [2.45, 2.75) is 26.3 Å². The van der Waals surface area contributed by atoms with Crippen LogP contribution in [0.1, 0.15) is 34.7 Å². The third kappa shape index (κ3) is 4.46. The van der Waals surface area contributed by atoms with E-state index in [4.69, 9.17) is 4.74 Å². The maximum Gasteiger partial charge on any atom is 0.295 e. The number of benzene rings is 1. The minimum atomic E-state index is -0.683. The van der Waals surface area contributed by atoms with Crippen LogP contribution in [0.5, 0.6) is 5.75 Å². The van der Waals surface area contributed by atoms with Crippen molar-refractivity contribution >= 4 is 17.4 Å². The number of rotatable bonds is 7. The van der Waals surface area contributed by atoms with Gasteiger partial charge in [-0.25, -0.2) is 0 Å². The highest BCUT2D eigenvalue weighted by atomic mass is 16.5. The third-order valence-corrected chi connectivity index (χ3v) is 5.54. The normalized spacial score (nSPS) is 18.1. The maximum absolute atomic E-state index is 13.1. The van der Waals surface area contributed by atoms with Crippen LogP contribution >= 0.6 is 0 Å². The molecule has 3 rings (SSSR count). The number of carbonyl (C=O) groups is 2. The summed E-state index contributed by atoms with van der Waals surface area (Å²) in [5.74, 6) is -0.756. The van der Waals surface area contributed by atoms with E-state index < -0.39 is 17.7 Å². The van der Waals surface area contributed by atoms with Crippen molar-refractivity contribution in [3.8, 4) is 5.75 Å². The summed E-state index contributed by atoms with van der Waals surface area (Å²) >= 11 is 0. The van der Waals surface area contributed by atoms with Crippen LogP contribution in [0.4, 0.5) is 0 Å². The molecule has 1 aromatic carbocycles. The van der Waals surface area contributed by atoms with Gasteiger partial charge in [-0.1, -0.05) is 6.07 Å². The molecule has 7 nitrogen and oxygen atoms in total. The van der Waals surface area contributed by atoms with Crippen LogP contribution in [0, 0.1) is 13.8 Å². The van der Waals surface area contributed by atoms with Crippen LogP contribution in [0.15, 0.2) is 42.2 Å². The van der Waals surface area contributed by atoms with E-state index >= 15 is 0 Å². The zero-order valence-corrected chi connectivity index (χ0v) is 18.7. The number of methoxy groups -OCH3 is 1. The summed E-state index contributed by atoms with van der Waals surface area (Å²) in [5.41, 5.74) is 2.88. The molecule has 7 heteroatoms. The lowest BCUT2D eigenvalue weighted by Gasteiger charge is -2.25. The average Bonchev–Trinajstić information content (AvgIpc) is 3.00. The first-order valence-electron chi connectivity index (χ1n) is 10.2. The quantitative estimate of drug-likeness (QED) is 0.419. The summed E-state index contributed by atoms with van der Waals surface area (Å²) in [7, 11) is 5.51. The summed E-state index contributed by atoms with van der Waals surface area (Å²) < 4.78 is 5.36. The van der Waals surface area contributed by atoms with Crippen molar-refractivity contribution in [2.24, 2.45) is 0 Å². The Bertz CT molecular complexity index is 1010. The number of aliphatic hydroxyl groups excluding tert-OH is 1. The molecule has 1 aliphatic rings. The van der Waals surface area contributed by atoms with Crippen LogP contribution in [-0.4, -0.2) is 65.9 Å². The number of carbonyl (C=O) groups excluding carboxylic acids is 2. The number of aryl methyl sites for hydroxylation is 2. The van der Waals surface area contributed by atoms with E-state index in [1.54, 1.807) is 36.5 Å². The first-order chi connectivity index (χ1) is 14.8. The molecule has 1 aliphatic heterocycles. The van der Waals surface area contributed by atoms with Gasteiger partial charge in [-0.05, 0) is 75.8 Å². The highest BCUT2D eigenvalue weighted by Crippen LogP contribution is 2.40. The van der Waals surface area contributed by atoms with Gasteiger partial charge in [-0.2, -0.15) is 0 Å². The van der Waals surface area contributed by atoms with E-state index in [1.807, 2.05) is 45.0 Å².